The molecule has 3 aromatic rings. The minimum Gasteiger partial charge on any atom is -0.492 e. The van der Waals surface area contributed by atoms with E-state index in [1.165, 1.54) is 5.56 Å². The van der Waals surface area contributed by atoms with Gasteiger partial charge in [-0.05, 0) is 24.6 Å². The highest BCUT2D eigenvalue weighted by Gasteiger charge is 2.16. The largest absolute Gasteiger partial charge is 0.492 e. The Bertz CT molecular complexity index is 950. The van der Waals surface area contributed by atoms with Gasteiger partial charge in [0.25, 0.3) is 0 Å². The third-order valence-electron chi connectivity index (χ3n) is 4.53. The topological polar surface area (TPSA) is 117 Å². The number of benzene rings is 1. The standard InChI is InChI=1S/C18H23N7O2/c1-2-27-14-9-12(10-24-5-7-26-8-6-24)3-4-13(14)25-11-21-15-16(19)22-18(20)23-17(15)25/h3-4,9,11H,2,5-8,10H2,1H3,(H4,19,20,22,23). The van der Waals surface area contributed by atoms with Crippen molar-refractivity contribution >= 4 is 22.9 Å². The van der Waals surface area contributed by atoms with Gasteiger partial charge in [-0.25, -0.2) is 4.98 Å². The van der Waals surface area contributed by atoms with E-state index >= 15 is 0 Å². The maximum Gasteiger partial charge on any atom is 0.224 e. The highest BCUT2D eigenvalue weighted by Crippen LogP contribution is 2.29. The lowest BCUT2D eigenvalue weighted by Crippen LogP contribution is -2.35. The summed E-state index contributed by atoms with van der Waals surface area (Å²) in [5.74, 6) is 1.14. The number of anilines is 2. The molecule has 9 nitrogen and oxygen atoms in total. The highest BCUT2D eigenvalue weighted by atomic mass is 16.5. The first-order chi connectivity index (χ1) is 13.2. The fourth-order valence-electron chi connectivity index (χ4n) is 3.26. The molecule has 27 heavy (non-hydrogen) atoms. The van der Waals surface area contributed by atoms with Gasteiger partial charge in [0.1, 0.15) is 12.1 Å². The lowest BCUT2D eigenvalue weighted by Gasteiger charge is -2.26. The van der Waals surface area contributed by atoms with E-state index in [1.807, 2.05) is 17.6 Å². The molecule has 0 saturated carbocycles. The monoisotopic (exact) mass is 369 g/mol. The lowest BCUT2D eigenvalue weighted by molar-refractivity contribution is 0.0341. The number of rotatable bonds is 5. The molecule has 1 aliphatic rings. The number of hydrogen-bond acceptors (Lipinski definition) is 8. The van der Waals surface area contributed by atoms with Gasteiger partial charge in [-0.3, -0.25) is 9.47 Å². The zero-order valence-electron chi connectivity index (χ0n) is 15.3. The second kappa shape index (κ2) is 7.37. The van der Waals surface area contributed by atoms with E-state index in [-0.39, 0.29) is 11.8 Å². The molecule has 2 aromatic heterocycles. The number of hydrogen-bond donors (Lipinski definition) is 2. The Morgan fingerprint density at radius 3 is 2.78 bits per heavy atom. The van der Waals surface area contributed by atoms with Crippen LogP contribution in [0.25, 0.3) is 16.9 Å². The Hall–Kier alpha value is -2.91. The number of nitrogens with two attached hydrogens (primary N) is 2. The molecule has 0 unspecified atom stereocenters. The third kappa shape index (κ3) is 3.51. The molecule has 0 atom stereocenters. The van der Waals surface area contributed by atoms with Gasteiger partial charge in [0.05, 0.1) is 25.5 Å². The molecule has 142 valence electrons. The van der Waals surface area contributed by atoms with Gasteiger partial charge in [-0.1, -0.05) is 6.07 Å². The molecule has 9 heteroatoms. The summed E-state index contributed by atoms with van der Waals surface area (Å²) in [5, 5.41) is 0. The molecule has 4 rings (SSSR count). The van der Waals surface area contributed by atoms with E-state index in [1.54, 1.807) is 6.33 Å². The van der Waals surface area contributed by atoms with Crippen molar-refractivity contribution in [3.05, 3.63) is 30.1 Å². The van der Waals surface area contributed by atoms with Crippen LogP contribution in [0, 0.1) is 0 Å². The summed E-state index contributed by atoms with van der Waals surface area (Å²) in [6, 6.07) is 6.16. The number of aromatic nitrogens is 4. The summed E-state index contributed by atoms with van der Waals surface area (Å²) in [6.45, 7) is 6.81. The average Bonchev–Trinajstić information content (AvgIpc) is 3.07. The summed E-state index contributed by atoms with van der Waals surface area (Å²) in [5.41, 5.74) is 14.8. The van der Waals surface area contributed by atoms with Gasteiger partial charge in [0.15, 0.2) is 17.0 Å². The zero-order valence-corrected chi connectivity index (χ0v) is 15.3. The molecule has 4 N–H and O–H groups in total. The average molecular weight is 369 g/mol. The Labute approximate surface area is 156 Å². The van der Waals surface area contributed by atoms with Crippen LogP contribution in [-0.2, 0) is 11.3 Å². The third-order valence-corrected chi connectivity index (χ3v) is 4.53. The second-order valence-electron chi connectivity index (χ2n) is 6.38. The number of morpholine rings is 1. The molecule has 1 saturated heterocycles. The fraction of sp³-hybridized carbons (Fsp3) is 0.389. The molecule has 3 heterocycles. The quantitative estimate of drug-likeness (QED) is 0.689. The van der Waals surface area contributed by atoms with Gasteiger partial charge in [0, 0.05) is 19.6 Å². The van der Waals surface area contributed by atoms with Gasteiger partial charge in [-0.2, -0.15) is 9.97 Å². The van der Waals surface area contributed by atoms with Crippen LogP contribution in [0.2, 0.25) is 0 Å². The van der Waals surface area contributed by atoms with Crippen molar-refractivity contribution in [1.82, 2.24) is 24.4 Å². The fourth-order valence-corrected chi connectivity index (χ4v) is 3.26. The van der Waals surface area contributed by atoms with Crippen LogP contribution in [0.4, 0.5) is 11.8 Å². The number of nitrogen functional groups attached to an aromatic ring is 2. The SMILES string of the molecule is CCOc1cc(CN2CCOCC2)ccc1-n1cnc2c(N)nc(N)nc21. The highest BCUT2D eigenvalue weighted by molar-refractivity contribution is 5.84. The summed E-state index contributed by atoms with van der Waals surface area (Å²) < 4.78 is 13.1. The molecule has 1 aliphatic heterocycles. The summed E-state index contributed by atoms with van der Waals surface area (Å²) in [6.07, 6.45) is 1.66. The molecular formula is C18H23N7O2. The molecule has 0 aliphatic carbocycles. The van der Waals surface area contributed by atoms with Gasteiger partial charge in [-0.15, -0.1) is 0 Å². The van der Waals surface area contributed by atoms with Crippen LogP contribution < -0.4 is 16.2 Å². The normalized spacial score (nSPS) is 15.3. The first kappa shape index (κ1) is 17.5. The Morgan fingerprint density at radius 2 is 2.00 bits per heavy atom. The van der Waals surface area contributed by atoms with Crippen molar-refractivity contribution in [3.8, 4) is 11.4 Å². The summed E-state index contributed by atoms with van der Waals surface area (Å²) in [4.78, 5) is 15.0. The summed E-state index contributed by atoms with van der Waals surface area (Å²) in [7, 11) is 0. The van der Waals surface area contributed by atoms with Crippen LogP contribution in [0.15, 0.2) is 24.5 Å². The lowest BCUT2D eigenvalue weighted by atomic mass is 10.1. The van der Waals surface area contributed by atoms with Crippen LogP contribution in [0.3, 0.4) is 0 Å². The van der Waals surface area contributed by atoms with E-state index in [4.69, 9.17) is 20.9 Å². The number of imidazole rings is 1. The molecule has 1 aromatic carbocycles. The maximum absolute atomic E-state index is 5.92. The number of fused-ring (bicyclic) bond motifs is 1. The molecule has 0 amide bonds. The number of nitrogens with zero attached hydrogens (tertiary/aromatic N) is 5. The van der Waals surface area contributed by atoms with Gasteiger partial charge in [0.2, 0.25) is 5.95 Å². The number of ether oxygens (including phenoxy) is 2. The molecule has 0 bridgehead atoms. The van der Waals surface area contributed by atoms with Crippen molar-refractivity contribution in [2.24, 2.45) is 0 Å². The maximum atomic E-state index is 5.92. The van der Waals surface area contributed by atoms with Gasteiger partial charge < -0.3 is 20.9 Å². The first-order valence-electron chi connectivity index (χ1n) is 8.98. The minimum atomic E-state index is 0.114. The van der Waals surface area contributed by atoms with Crippen LogP contribution in [0.1, 0.15) is 12.5 Å². The van der Waals surface area contributed by atoms with Crippen LogP contribution in [0.5, 0.6) is 5.75 Å². The van der Waals surface area contributed by atoms with E-state index in [9.17, 15) is 0 Å². The van der Waals surface area contributed by atoms with Crippen LogP contribution >= 0.6 is 0 Å². The van der Waals surface area contributed by atoms with Crippen LogP contribution in [-0.4, -0.2) is 57.3 Å². The summed E-state index contributed by atoms with van der Waals surface area (Å²) >= 11 is 0. The van der Waals surface area contributed by atoms with Crippen molar-refractivity contribution in [3.63, 3.8) is 0 Å². The second-order valence-corrected chi connectivity index (χ2v) is 6.38. The van der Waals surface area contributed by atoms with Gasteiger partial charge >= 0.3 is 0 Å². The molecular weight excluding hydrogens is 346 g/mol. The van der Waals surface area contributed by atoms with Crippen molar-refractivity contribution in [1.29, 1.82) is 0 Å². The smallest absolute Gasteiger partial charge is 0.224 e. The zero-order chi connectivity index (χ0) is 18.8. The first-order valence-corrected chi connectivity index (χ1v) is 8.98. The molecule has 1 fully saturated rings. The predicted molar refractivity (Wildman–Crippen MR) is 103 cm³/mol. The van der Waals surface area contributed by atoms with E-state index in [2.05, 4.69) is 32.0 Å². The van der Waals surface area contributed by atoms with E-state index in [0.29, 0.717) is 17.8 Å². The van der Waals surface area contributed by atoms with E-state index in [0.717, 1.165) is 44.3 Å². The molecule has 0 radical (unpaired) electrons. The Morgan fingerprint density at radius 1 is 1.19 bits per heavy atom. The molecule has 0 spiro atoms. The predicted octanol–water partition coefficient (Wildman–Crippen LogP) is 1.21. The van der Waals surface area contributed by atoms with Crippen molar-refractivity contribution in [2.45, 2.75) is 13.5 Å². The van der Waals surface area contributed by atoms with Crippen molar-refractivity contribution < 1.29 is 9.47 Å². The Balaban J connectivity index is 1.72. The Kier molecular flexibility index (Phi) is 4.78. The van der Waals surface area contributed by atoms with Crippen molar-refractivity contribution in [2.75, 3.05) is 44.4 Å². The van der Waals surface area contributed by atoms with E-state index < -0.39 is 0 Å². The minimum absolute atomic E-state index is 0.114.